The number of ether oxygens (including phenoxy) is 6. The Morgan fingerprint density at radius 1 is 0.390 bits per heavy atom. The molecule has 2 aliphatic heterocycles. The van der Waals surface area contributed by atoms with Gasteiger partial charge in [0.15, 0.2) is 46.0 Å². The highest BCUT2D eigenvalue weighted by atomic mass is 32.1. The van der Waals surface area contributed by atoms with Gasteiger partial charge >= 0.3 is 0 Å². The van der Waals surface area contributed by atoms with E-state index in [1.165, 1.54) is 96.7 Å². The third-order valence-electron chi connectivity index (χ3n) is 22.4. The highest BCUT2D eigenvalue weighted by Crippen LogP contribution is 2.67. The number of allylic oxidation sites excluding steroid dienone is 6. The fraction of sp³-hybridized carbons (Fsp3) is 0.347. The molecule has 2 aliphatic carbocycles. The Morgan fingerprint density at radius 3 is 0.932 bits per heavy atom. The molecule has 6 aromatic carbocycles. The lowest BCUT2D eigenvalue weighted by Gasteiger charge is -2.39. The van der Waals surface area contributed by atoms with Crippen LogP contribution in [0.3, 0.4) is 0 Å². The Morgan fingerprint density at radius 2 is 0.661 bits per heavy atom. The van der Waals surface area contributed by atoms with Crippen LogP contribution in [0, 0.1) is 59.1 Å². The van der Waals surface area contributed by atoms with Gasteiger partial charge in [0.25, 0.3) is 11.4 Å². The number of nitriles is 2. The number of rotatable bonds is 38. The minimum absolute atomic E-state index is 0.0709. The molecule has 0 unspecified atom stereocenters. The quantitative estimate of drug-likeness (QED) is 0.0120. The molecule has 12 nitrogen and oxygen atoms in total. The Kier molecular flexibility index (Phi) is 27.1. The summed E-state index contributed by atoms with van der Waals surface area (Å²) < 4.78 is 105. The standard InChI is InChI=1S/C98H92F4N4O8S4/c1-7-11-15-19-23-27-47-109-65-39-31-61(32-40-65)97(62-33-41-66(42-34-62)110-48-28-24-20-16-12-8-2)87-93(91-83(113-97)53-69(115-91)51-75-85(81(59-103)105-5)71-55-77(99)79(101)57-73(71)89(75)107)117-96-88-94(118-95(87)96)92-84(54-70(116-92)52-76-86(82(60-104)106-6)72-56-78(100)80(102)58-74(72)90(76)108)114-98(88,63-35-43-67(44-36-63)111-49-29-25-21-17-13-9-3)64-37-45-68(46-38-64)112-50-30-26-22-18-14-10-4/h31-46,51-58H,7-30,47-50H2,1-4H3/b75-51-,76-52-,85-81-,86-82+. The lowest BCUT2D eigenvalue weighted by Crippen LogP contribution is -2.38. The molecule has 0 fully saturated rings. The Labute approximate surface area is 704 Å². The summed E-state index contributed by atoms with van der Waals surface area (Å²) in [5.74, 6) is -2.90. The van der Waals surface area contributed by atoms with E-state index in [2.05, 4.69) is 37.4 Å². The first-order valence-corrected chi connectivity index (χ1v) is 44.7. The van der Waals surface area contributed by atoms with Crippen molar-refractivity contribution in [3.63, 3.8) is 0 Å². The summed E-state index contributed by atoms with van der Waals surface area (Å²) in [6, 6.07) is 42.9. The molecule has 0 saturated heterocycles. The third kappa shape index (κ3) is 17.0. The molecular weight excluding hydrogens is 1570 g/mol. The maximum absolute atomic E-state index is 15.3. The number of Topliss-reactive ketones (excluding diaryl/α,β-unsaturated/α-hetero) is 2. The first kappa shape index (κ1) is 83.6. The maximum atomic E-state index is 15.3. The number of thiophene rings is 4. The average molecular weight is 1660 g/mol. The number of carbonyl (C=O) groups excluding carboxylic acids is 2. The SMILES string of the molecule is [C-]#[N+]/C(C#N)=C1\C(=C\c2cc3c(s2)-c2sc4c5c(sc4c2C(c2ccc(OCCCCCCCC)cc2)(c2ccc(OCCCCCCCC)cc2)O3)-c2sc(/C=C3\C(=O)c4cc(F)c(F)cc4\C3=C(\C#N)[N+]#[C-])cc2OC5(c2ccc(OCCCCCCCC)cc2)c2ccc(OCCCCCCCC)cc2)C(=O)c2cc(F)c(F)cc21. The van der Waals surface area contributed by atoms with Crippen LogP contribution in [-0.4, -0.2) is 38.0 Å². The molecule has 604 valence electrons. The minimum atomic E-state index is -1.55. The van der Waals surface area contributed by atoms with Gasteiger partial charge in [-0.05, 0) is 134 Å². The van der Waals surface area contributed by atoms with Crippen molar-refractivity contribution in [2.75, 3.05) is 26.4 Å². The predicted molar refractivity (Wildman–Crippen MR) is 464 cm³/mol. The molecule has 0 N–H and O–H groups in total. The Bertz CT molecular complexity index is 5190. The van der Waals surface area contributed by atoms with E-state index < -0.39 is 57.4 Å². The van der Waals surface area contributed by atoms with Gasteiger partial charge in [0.2, 0.25) is 0 Å². The lowest BCUT2D eigenvalue weighted by molar-refractivity contribution is 0.103. The van der Waals surface area contributed by atoms with Gasteiger partial charge in [0.05, 0.1) is 80.6 Å². The molecule has 14 rings (SSSR count). The number of fused-ring (bicyclic) bond motifs is 11. The highest BCUT2D eigenvalue weighted by Gasteiger charge is 2.54. The molecule has 4 aliphatic rings. The van der Waals surface area contributed by atoms with Gasteiger partial charge in [-0.2, -0.15) is 0 Å². The number of hydrogen-bond donors (Lipinski definition) is 0. The van der Waals surface area contributed by atoms with Crippen LogP contribution in [0.1, 0.15) is 257 Å². The van der Waals surface area contributed by atoms with Crippen molar-refractivity contribution < 1.29 is 55.6 Å². The zero-order valence-electron chi connectivity index (χ0n) is 66.9. The molecule has 118 heavy (non-hydrogen) atoms. The number of ketones is 2. The zero-order chi connectivity index (χ0) is 82.5. The minimum Gasteiger partial charge on any atom is -0.494 e. The second-order valence-corrected chi connectivity index (χ2v) is 34.6. The summed E-state index contributed by atoms with van der Waals surface area (Å²) in [6.45, 7) is 27.1. The summed E-state index contributed by atoms with van der Waals surface area (Å²) in [6.07, 6.45) is 29.2. The van der Waals surface area contributed by atoms with E-state index in [-0.39, 0.29) is 44.5 Å². The summed E-state index contributed by atoms with van der Waals surface area (Å²) >= 11 is 5.70. The van der Waals surface area contributed by atoms with Crippen molar-refractivity contribution >= 4 is 89.6 Å². The van der Waals surface area contributed by atoms with E-state index >= 15 is 17.6 Å². The number of halogens is 4. The fourth-order valence-electron chi connectivity index (χ4n) is 16.3. The number of unbranched alkanes of at least 4 members (excludes halogenated alkanes) is 20. The van der Waals surface area contributed by atoms with E-state index in [4.69, 9.17) is 41.6 Å². The molecule has 0 bridgehead atoms. The smallest absolute Gasteiger partial charge is 0.270 e. The van der Waals surface area contributed by atoms with Gasteiger partial charge in [-0.25, -0.2) is 37.8 Å². The first-order chi connectivity index (χ1) is 57.6. The van der Waals surface area contributed by atoms with Crippen molar-refractivity contribution in [3.05, 3.63) is 267 Å². The van der Waals surface area contributed by atoms with Gasteiger partial charge < -0.3 is 28.4 Å². The van der Waals surface area contributed by atoms with Crippen molar-refractivity contribution in [1.29, 1.82) is 10.5 Å². The summed E-state index contributed by atoms with van der Waals surface area (Å²) in [7, 11) is 0. The van der Waals surface area contributed by atoms with Gasteiger partial charge in [0, 0.05) is 76.6 Å². The normalized spacial score (nSPS) is 15.4. The van der Waals surface area contributed by atoms with Gasteiger partial charge in [-0.1, -0.05) is 205 Å². The average Bonchev–Trinajstić information content (AvgIpc) is 1.49. The van der Waals surface area contributed by atoms with Crippen LogP contribution >= 0.6 is 45.3 Å². The van der Waals surface area contributed by atoms with E-state index in [9.17, 15) is 20.1 Å². The van der Waals surface area contributed by atoms with Gasteiger partial charge in [-0.3, -0.25) is 9.59 Å². The lowest BCUT2D eigenvalue weighted by atomic mass is 9.77. The van der Waals surface area contributed by atoms with Crippen molar-refractivity contribution in [2.24, 2.45) is 0 Å². The summed E-state index contributed by atoms with van der Waals surface area (Å²) in [5, 5.41) is 21.0. The second kappa shape index (κ2) is 38.3. The molecule has 0 spiro atoms. The number of benzene rings is 6. The fourth-order valence-corrected chi connectivity index (χ4v) is 21.7. The third-order valence-corrected chi connectivity index (χ3v) is 27.4. The van der Waals surface area contributed by atoms with Crippen LogP contribution in [0.15, 0.2) is 156 Å². The van der Waals surface area contributed by atoms with Crippen LogP contribution < -0.4 is 28.4 Å². The van der Waals surface area contributed by atoms with Crippen molar-refractivity contribution in [2.45, 2.75) is 193 Å². The van der Waals surface area contributed by atoms with Crippen molar-refractivity contribution in [1.82, 2.24) is 0 Å². The first-order valence-electron chi connectivity index (χ1n) is 41.4. The van der Waals surface area contributed by atoms with E-state index in [1.807, 2.05) is 121 Å². The van der Waals surface area contributed by atoms with E-state index in [1.54, 1.807) is 12.2 Å². The molecule has 10 aromatic rings. The number of carbonyl (C=O) groups is 2. The molecule has 0 amide bonds. The largest absolute Gasteiger partial charge is 0.494 e. The van der Waals surface area contributed by atoms with Crippen LogP contribution in [0.4, 0.5) is 17.6 Å². The van der Waals surface area contributed by atoms with Crippen LogP contribution in [-0.2, 0) is 11.2 Å². The predicted octanol–water partition coefficient (Wildman–Crippen LogP) is 28.2. The molecule has 20 heteroatoms. The van der Waals surface area contributed by atoms with Gasteiger partial charge in [0.1, 0.15) is 34.5 Å². The zero-order valence-corrected chi connectivity index (χ0v) is 70.1. The molecule has 6 heterocycles. The topological polar surface area (TPSA) is 146 Å². The number of hydrogen-bond acceptors (Lipinski definition) is 14. The van der Waals surface area contributed by atoms with E-state index in [0.29, 0.717) is 80.4 Å². The molecule has 0 saturated carbocycles. The second-order valence-electron chi connectivity index (χ2n) is 30.4. The monoisotopic (exact) mass is 1660 g/mol. The molecule has 4 aromatic heterocycles. The van der Waals surface area contributed by atoms with Gasteiger partial charge in [-0.15, -0.1) is 45.3 Å². The van der Waals surface area contributed by atoms with Crippen LogP contribution in [0.25, 0.3) is 61.9 Å². The van der Waals surface area contributed by atoms with Crippen molar-refractivity contribution in [3.8, 4) is 66.1 Å². The summed E-state index contributed by atoms with van der Waals surface area (Å²) in [5.41, 5.74) is -0.570. The molecular formula is C98H92F4N4O8S4. The summed E-state index contributed by atoms with van der Waals surface area (Å²) in [4.78, 5) is 40.4. The maximum Gasteiger partial charge on any atom is 0.270 e. The molecule has 0 radical (unpaired) electrons. The highest BCUT2D eigenvalue weighted by molar-refractivity contribution is 7.34. The van der Waals surface area contributed by atoms with Crippen LogP contribution in [0.5, 0.6) is 34.5 Å². The van der Waals surface area contributed by atoms with E-state index in [0.717, 1.165) is 180 Å². The Balaban J connectivity index is 1.02. The van der Waals surface area contributed by atoms with Crippen LogP contribution in [0.2, 0.25) is 0 Å². The Hall–Kier alpha value is -10.8. The molecule has 0 atom stereocenters. The number of nitrogens with zero attached hydrogens (tertiary/aromatic N) is 4.